The average molecular weight is 499 g/mol. The predicted octanol–water partition coefficient (Wildman–Crippen LogP) is 2.95. The molecule has 1 aliphatic rings. The largest absolute Gasteiger partial charge is 0.444 e. The normalized spacial score (nSPS) is 18.4. The molecule has 0 radical (unpaired) electrons. The number of nitrogens with zero attached hydrogens (tertiary/aromatic N) is 3. The number of carbonyl (C=O) groups is 3. The minimum absolute atomic E-state index is 0.185. The number of hydrogen-bond acceptors (Lipinski definition) is 5. The van der Waals surface area contributed by atoms with E-state index in [2.05, 4.69) is 10.4 Å². The number of benzene rings is 1. The van der Waals surface area contributed by atoms with Crippen LogP contribution in [0.5, 0.6) is 0 Å². The molecule has 9 nitrogen and oxygen atoms in total. The maximum atomic E-state index is 14.0. The van der Waals surface area contributed by atoms with E-state index in [0.29, 0.717) is 0 Å². The Morgan fingerprint density at radius 1 is 1.17 bits per heavy atom. The molecule has 0 unspecified atom stereocenters. The molecular formula is C22H25F4N5O4. The van der Waals surface area contributed by atoms with E-state index >= 15 is 0 Å². The van der Waals surface area contributed by atoms with Crippen LogP contribution in [-0.4, -0.2) is 56.9 Å². The zero-order valence-electron chi connectivity index (χ0n) is 19.2. The van der Waals surface area contributed by atoms with E-state index in [4.69, 9.17) is 10.5 Å². The quantitative estimate of drug-likeness (QED) is 0.613. The number of nitrogens with one attached hydrogen (secondary N) is 1. The molecule has 35 heavy (non-hydrogen) atoms. The molecular weight excluding hydrogens is 474 g/mol. The van der Waals surface area contributed by atoms with Crippen LogP contribution in [0.15, 0.2) is 30.5 Å². The molecule has 2 heterocycles. The summed E-state index contributed by atoms with van der Waals surface area (Å²) in [6.45, 7) is 4.38. The lowest BCUT2D eigenvalue weighted by atomic mass is 10.1. The highest BCUT2D eigenvalue weighted by Crippen LogP contribution is 2.29. The van der Waals surface area contributed by atoms with Crippen molar-refractivity contribution in [1.29, 1.82) is 0 Å². The van der Waals surface area contributed by atoms with Gasteiger partial charge in [-0.1, -0.05) is 0 Å². The molecule has 2 atom stereocenters. The fraction of sp³-hybridized carbons (Fsp3) is 0.455. The minimum Gasteiger partial charge on any atom is -0.444 e. The van der Waals surface area contributed by atoms with Gasteiger partial charge in [0.25, 0.3) is 5.91 Å². The second kappa shape index (κ2) is 9.55. The number of likely N-dealkylation sites (tertiary alicyclic amines) is 1. The van der Waals surface area contributed by atoms with Gasteiger partial charge in [-0.15, -0.1) is 0 Å². The fourth-order valence-electron chi connectivity index (χ4n) is 3.54. The van der Waals surface area contributed by atoms with Gasteiger partial charge in [0.2, 0.25) is 5.91 Å². The van der Waals surface area contributed by atoms with Crippen molar-refractivity contribution in [3.63, 3.8) is 0 Å². The number of rotatable bonds is 5. The number of halogens is 4. The Labute approximate surface area is 198 Å². The van der Waals surface area contributed by atoms with Gasteiger partial charge in [0.15, 0.2) is 5.69 Å². The maximum absolute atomic E-state index is 14.0. The number of nitrogens with two attached hydrogens (primary N) is 1. The van der Waals surface area contributed by atoms with E-state index in [1.807, 2.05) is 0 Å². The highest BCUT2D eigenvalue weighted by atomic mass is 19.4. The second-order valence-corrected chi connectivity index (χ2v) is 9.06. The van der Waals surface area contributed by atoms with Gasteiger partial charge >= 0.3 is 12.3 Å². The molecule has 1 aromatic carbocycles. The lowest BCUT2D eigenvalue weighted by Gasteiger charge is -2.27. The van der Waals surface area contributed by atoms with E-state index in [-0.39, 0.29) is 36.5 Å². The first-order chi connectivity index (χ1) is 16.2. The average Bonchev–Trinajstić information content (AvgIpc) is 3.34. The van der Waals surface area contributed by atoms with Gasteiger partial charge in [-0.2, -0.15) is 18.3 Å². The van der Waals surface area contributed by atoms with Crippen molar-refractivity contribution in [2.75, 3.05) is 6.54 Å². The molecule has 3 amide bonds. The third-order valence-corrected chi connectivity index (χ3v) is 5.12. The Morgan fingerprint density at radius 2 is 1.80 bits per heavy atom. The molecule has 1 aromatic heterocycles. The van der Waals surface area contributed by atoms with Gasteiger partial charge in [-0.25, -0.2) is 13.9 Å². The SMILES string of the molecule is CC(C)(C)OC(=O)N1C[C@H](F)C[C@H]1C(=O)NCc1cn(-c2ccc(C(F)(F)F)cc2)nc1C(N)=O. The standard InChI is InChI=1S/C22H25F4N5O4/c1-21(2,3)35-20(34)30-11-14(23)8-16(30)19(33)28-9-12-10-31(29-17(12)18(27)32)15-6-4-13(5-7-15)22(24,25)26/h4-7,10,14,16H,8-9,11H2,1-3H3,(H2,27,32)(H,28,33)/t14-,16+/m1/s1. The summed E-state index contributed by atoms with van der Waals surface area (Å²) >= 11 is 0. The number of hydrogen-bond donors (Lipinski definition) is 2. The second-order valence-electron chi connectivity index (χ2n) is 9.06. The smallest absolute Gasteiger partial charge is 0.416 e. The molecule has 0 spiro atoms. The maximum Gasteiger partial charge on any atom is 0.416 e. The summed E-state index contributed by atoms with van der Waals surface area (Å²) in [5.41, 5.74) is 3.88. The molecule has 0 saturated carbocycles. The lowest BCUT2D eigenvalue weighted by Crippen LogP contribution is -2.47. The van der Waals surface area contributed by atoms with Crippen molar-refractivity contribution < 1.29 is 36.7 Å². The van der Waals surface area contributed by atoms with E-state index in [1.165, 1.54) is 18.3 Å². The lowest BCUT2D eigenvalue weighted by molar-refractivity contribution is -0.137. The Balaban J connectivity index is 1.75. The van der Waals surface area contributed by atoms with Gasteiger partial charge in [-0.05, 0) is 45.0 Å². The Hall–Kier alpha value is -3.64. The number of alkyl halides is 4. The van der Waals surface area contributed by atoms with E-state index in [0.717, 1.165) is 21.7 Å². The summed E-state index contributed by atoms with van der Waals surface area (Å²) in [6.07, 6.45) is -5.64. The summed E-state index contributed by atoms with van der Waals surface area (Å²) in [5, 5.41) is 6.54. The van der Waals surface area contributed by atoms with Crippen molar-refractivity contribution in [3.05, 3.63) is 47.3 Å². The Bertz CT molecular complexity index is 1110. The first-order valence-electron chi connectivity index (χ1n) is 10.6. The number of carbonyl (C=O) groups excluding carboxylic acids is 3. The van der Waals surface area contributed by atoms with E-state index < -0.39 is 47.5 Å². The van der Waals surface area contributed by atoms with Crippen molar-refractivity contribution in [2.24, 2.45) is 5.73 Å². The molecule has 0 bridgehead atoms. The molecule has 190 valence electrons. The summed E-state index contributed by atoms with van der Waals surface area (Å²) < 4.78 is 58.8. The van der Waals surface area contributed by atoms with Crippen LogP contribution in [0, 0.1) is 0 Å². The van der Waals surface area contributed by atoms with Crippen molar-refractivity contribution in [1.82, 2.24) is 20.0 Å². The number of ether oxygens (including phenoxy) is 1. The first-order valence-corrected chi connectivity index (χ1v) is 10.6. The molecule has 3 N–H and O–H groups in total. The van der Waals surface area contributed by atoms with Crippen LogP contribution in [0.1, 0.15) is 48.8 Å². The number of aromatic nitrogens is 2. The number of primary amides is 1. The summed E-state index contributed by atoms with van der Waals surface area (Å²) in [4.78, 5) is 38.0. The molecule has 1 saturated heterocycles. The predicted molar refractivity (Wildman–Crippen MR) is 115 cm³/mol. The molecule has 1 aliphatic heterocycles. The van der Waals surface area contributed by atoms with Crippen molar-refractivity contribution in [3.8, 4) is 5.69 Å². The van der Waals surface area contributed by atoms with Gasteiger partial charge < -0.3 is 15.8 Å². The zero-order valence-corrected chi connectivity index (χ0v) is 19.2. The third-order valence-electron chi connectivity index (χ3n) is 5.12. The van der Waals surface area contributed by atoms with Crippen LogP contribution in [0.2, 0.25) is 0 Å². The molecule has 0 aliphatic carbocycles. The Kier molecular flexibility index (Phi) is 7.08. The summed E-state index contributed by atoms with van der Waals surface area (Å²) in [7, 11) is 0. The number of amides is 3. The Morgan fingerprint density at radius 3 is 2.34 bits per heavy atom. The zero-order chi connectivity index (χ0) is 26.1. The molecule has 13 heteroatoms. The first kappa shape index (κ1) is 26.0. The van der Waals surface area contributed by atoms with Crippen LogP contribution in [0.3, 0.4) is 0 Å². The molecule has 3 rings (SSSR count). The third kappa shape index (κ3) is 6.28. The van der Waals surface area contributed by atoms with Crippen LogP contribution in [0.25, 0.3) is 5.69 Å². The molecule has 2 aromatic rings. The summed E-state index contributed by atoms with van der Waals surface area (Å²) in [5.74, 6) is -1.59. The van der Waals surface area contributed by atoms with Gasteiger partial charge in [0.05, 0.1) is 17.8 Å². The van der Waals surface area contributed by atoms with Crippen LogP contribution in [-0.2, 0) is 22.3 Å². The monoisotopic (exact) mass is 499 g/mol. The van der Waals surface area contributed by atoms with Crippen molar-refractivity contribution in [2.45, 2.75) is 57.7 Å². The van der Waals surface area contributed by atoms with Crippen molar-refractivity contribution >= 4 is 17.9 Å². The van der Waals surface area contributed by atoms with Gasteiger partial charge in [-0.3, -0.25) is 14.5 Å². The van der Waals surface area contributed by atoms with Crippen LogP contribution >= 0.6 is 0 Å². The fourth-order valence-corrected chi connectivity index (χ4v) is 3.54. The highest BCUT2D eigenvalue weighted by molar-refractivity contribution is 5.92. The van der Waals surface area contributed by atoms with Gasteiger partial charge in [0.1, 0.15) is 17.8 Å². The van der Waals surface area contributed by atoms with E-state index in [1.54, 1.807) is 20.8 Å². The topological polar surface area (TPSA) is 120 Å². The van der Waals surface area contributed by atoms with Gasteiger partial charge in [0, 0.05) is 24.7 Å². The van der Waals surface area contributed by atoms with E-state index in [9.17, 15) is 31.9 Å². The highest BCUT2D eigenvalue weighted by Gasteiger charge is 2.41. The summed E-state index contributed by atoms with van der Waals surface area (Å²) in [6, 6.07) is 2.94. The molecule has 1 fully saturated rings. The minimum atomic E-state index is -4.51. The van der Waals surface area contributed by atoms with Crippen LogP contribution in [0.4, 0.5) is 22.4 Å². The van der Waals surface area contributed by atoms with Crippen LogP contribution < -0.4 is 11.1 Å².